The second kappa shape index (κ2) is 31.1. The number of unbranched alkanes of at least 4 members (excludes halogenated alkanes) is 21. The number of nitrogens with zero attached hydrogens (tertiary/aromatic N) is 2. The summed E-state index contributed by atoms with van der Waals surface area (Å²) in [6.07, 6.45) is 32.5. The molecule has 272 valence electrons. The van der Waals surface area contributed by atoms with Gasteiger partial charge in [-0.25, -0.2) is 0 Å². The van der Waals surface area contributed by atoms with E-state index >= 15 is 0 Å². The molecule has 0 aromatic rings. The van der Waals surface area contributed by atoms with E-state index in [1.54, 1.807) is 0 Å². The number of imide groups is 1. The summed E-state index contributed by atoms with van der Waals surface area (Å²) in [6.45, 7) is 6.61. The van der Waals surface area contributed by atoms with Gasteiger partial charge in [-0.15, -0.1) is 0 Å². The summed E-state index contributed by atoms with van der Waals surface area (Å²) >= 11 is 0. The number of hydrogen-bond acceptors (Lipinski definition) is 6. The van der Waals surface area contributed by atoms with Crippen LogP contribution in [0, 0.1) is 0 Å². The molecule has 1 aliphatic rings. The van der Waals surface area contributed by atoms with Crippen LogP contribution in [0.2, 0.25) is 0 Å². The minimum atomic E-state index is -0.475. The number of ether oxygens (including phenoxy) is 2. The van der Waals surface area contributed by atoms with Crippen molar-refractivity contribution < 1.29 is 28.7 Å². The lowest BCUT2D eigenvalue weighted by atomic mass is 10.0. The summed E-state index contributed by atoms with van der Waals surface area (Å²) in [7, 11) is 0. The predicted octanol–water partition coefficient (Wildman–Crippen LogP) is 9.09. The van der Waals surface area contributed by atoms with Crippen LogP contribution in [0.3, 0.4) is 0 Å². The highest BCUT2D eigenvalue weighted by Crippen LogP contribution is 2.14. The van der Waals surface area contributed by atoms with E-state index in [4.69, 9.17) is 9.47 Å². The van der Waals surface area contributed by atoms with Gasteiger partial charge in [0.15, 0.2) is 0 Å². The predicted molar refractivity (Wildman–Crippen MR) is 191 cm³/mol. The second-order valence-electron chi connectivity index (χ2n) is 13.3. The largest absolute Gasteiger partial charge is 0.463 e. The van der Waals surface area contributed by atoms with Gasteiger partial charge >= 0.3 is 5.97 Å². The molecule has 3 amide bonds. The van der Waals surface area contributed by atoms with Gasteiger partial charge in [-0.05, 0) is 12.8 Å². The third-order valence-corrected chi connectivity index (χ3v) is 9.06. The zero-order chi connectivity index (χ0) is 34.2. The lowest BCUT2D eigenvalue weighted by Crippen LogP contribution is -2.35. The molecule has 0 radical (unpaired) electrons. The summed E-state index contributed by atoms with van der Waals surface area (Å²) < 4.78 is 10.9. The fourth-order valence-electron chi connectivity index (χ4n) is 6.02. The number of rotatable bonds is 34. The van der Waals surface area contributed by atoms with E-state index in [-0.39, 0.29) is 32.1 Å². The van der Waals surface area contributed by atoms with Crippen molar-refractivity contribution in [1.29, 1.82) is 0 Å². The van der Waals surface area contributed by atoms with Gasteiger partial charge in [0.2, 0.25) is 5.91 Å². The van der Waals surface area contributed by atoms with Crippen molar-refractivity contribution in [2.75, 3.05) is 39.5 Å². The smallest absolute Gasteiger partial charge is 0.307 e. The van der Waals surface area contributed by atoms with Crippen LogP contribution >= 0.6 is 0 Å². The van der Waals surface area contributed by atoms with Crippen LogP contribution in [0.5, 0.6) is 0 Å². The van der Waals surface area contributed by atoms with E-state index in [9.17, 15) is 19.2 Å². The molecule has 0 N–H and O–H groups in total. The van der Waals surface area contributed by atoms with Crippen molar-refractivity contribution in [2.45, 2.75) is 174 Å². The Balaban J connectivity index is 2.24. The Morgan fingerprint density at radius 1 is 0.553 bits per heavy atom. The van der Waals surface area contributed by atoms with Gasteiger partial charge in [0.05, 0.1) is 19.6 Å². The molecule has 1 heterocycles. The van der Waals surface area contributed by atoms with Gasteiger partial charge < -0.3 is 14.4 Å². The standard InChI is InChI=1S/C39H70N2O6/c1-3-5-7-9-11-13-15-17-19-21-23-25-30-40(36(42)26-24-22-20-18-16-14-12-10-8-6-4-2)32-33-46-34-35-47-39(45)29-31-41-37(43)27-28-38(41)44/h27-28H,3-26,29-35H2,1-2H3. The number of amides is 3. The lowest BCUT2D eigenvalue weighted by Gasteiger charge is -2.23. The highest BCUT2D eigenvalue weighted by molar-refractivity contribution is 6.13. The van der Waals surface area contributed by atoms with E-state index in [0.717, 1.165) is 37.1 Å². The molecule has 0 atom stereocenters. The summed E-state index contributed by atoms with van der Waals surface area (Å²) in [5.74, 6) is -1.06. The lowest BCUT2D eigenvalue weighted by molar-refractivity contribution is -0.146. The van der Waals surface area contributed by atoms with E-state index in [1.165, 1.54) is 134 Å². The molecule has 0 unspecified atom stereocenters. The van der Waals surface area contributed by atoms with Crippen molar-refractivity contribution in [1.82, 2.24) is 9.80 Å². The van der Waals surface area contributed by atoms with Gasteiger partial charge in [0.1, 0.15) is 6.61 Å². The first kappa shape index (κ1) is 42.8. The van der Waals surface area contributed by atoms with Crippen molar-refractivity contribution in [3.8, 4) is 0 Å². The molecule has 0 aliphatic carbocycles. The molecule has 1 rings (SSSR count). The quantitative estimate of drug-likeness (QED) is 0.0388. The third-order valence-electron chi connectivity index (χ3n) is 9.06. The molecule has 0 aromatic carbocycles. The maximum absolute atomic E-state index is 13.1. The van der Waals surface area contributed by atoms with Crippen molar-refractivity contribution in [2.24, 2.45) is 0 Å². The summed E-state index contributed by atoms with van der Waals surface area (Å²) in [6, 6.07) is 0. The van der Waals surface area contributed by atoms with Crippen LogP contribution in [-0.4, -0.2) is 72.9 Å². The number of esters is 1. The van der Waals surface area contributed by atoms with E-state index in [2.05, 4.69) is 13.8 Å². The van der Waals surface area contributed by atoms with Gasteiger partial charge in [-0.2, -0.15) is 0 Å². The monoisotopic (exact) mass is 663 g/mol. The van der Waals surface area contributed by atoms with Gasteiger partial charge in [0.25, 0.3) is 11.8 Å². The fourth-order valence-corrected chi connectivity index (χ4v) is 6.02. The Morgan fingerprint density at radius 3 is 1.49 bits per heavy atom. The number of carbonyl (C=O) groups is 4. The molecule has 47 heavy (non-hydrogen) atoms. The van der Waals surface area contributed by atoms with Crippen LogP contribution in [-0.2, 0) is 28.7 Å². The molecule has 0 bridgehead atoms. The molecule has 8 nitrogen and oxygen atoms in total. The average molecular weight is 663 g/mol. The Morgan fingerprint density at radius 2 is 1.00 bits per heavy atom. The Hall–Kier alpha value is -2.22. The van der Waals surface area contributed by atoms with Crippen LogP contribution in [0.15, 0.2) is 12.2 Å². The molecule has 0 fully saturated rings. The fraction of sp³-hybridized carbons (Fsp3) is 0.846. The zero-order valence-corrected chi connectivity index (χ0v) is 30.4. The van der Waals surface area contributed by atoms with E-state index in [1.807, 2.05) is 4.90 Å². The van der Waals surface area contributed by atoms with Crippen molar-refractivity contribution in [3.63, 3.8) is 0 Å². The first-order chi connectivity index (χ1) is 23.0. The van der Waals surface area contributed by atoms with Crippen LogP contribution in [0.4, 0.5) is 0 Å². The maximum Gasteiger partial charge on any atom is 0.307 e. The Bertz CT molecular complexity index is 827. The summed E-state index contributed by atoms with van der Waals surface area (Å²) in [5.41, 5.74) is 0. The molecule has 8 heteroatoms. The number of carbonyl (C=O) groups excluding carboxylic acids is 4. The summed E-state index contributed by atoms with van der Waals surface area (Å²) in [5, 5.41) is 0. The molecular weight excluding hydrogens is 592 g/mol. The summed E-state index contributed by atoms with van der Waals surface area (Å²) in [4.78, 5) is 51.3. The van der Waals surface area contributed by atoms with Gasteiger partial charge in [-0.3, -0.25) is 24.1 Å². The SMILES string of the molecule is CCCCCCCCCCCCCCN(CCOCCOC(=O)CCN1C(=O)C=CC1=O)C(=O)CCCCCCCCCCCCC. The second-order valence-corrected chi connectivity index (χ2v) is 13.3. The van der Waals surface area contributed by atoms with Crippen LogP contribution in [0.25, 0.3) is 0 Å². The Kier molecular flexibility index (Phi) is 28.3. The van der Waals surface area contributed by atoms with Crippen LogP contribution < -0.4 is 0 Å². The Labute approximate surface area is 287 Å². The van der Waals surface area contributed by atoms with E-state index < -0.39 is 17.8 Å². The van der Waals surface area contributed by atoms with E-state index in [0.29, 0.717) is 19.6 Å². The normalized spacial score (nSPS) is 12.8. The highest BCUT2D eigenvalue weighted by Gasteiger charge is 2.23. The first-order valence-electron chi connectivity index (χ1n) is 19.5. The van der Waals surface area contributed by atoms with Crippen LogP contribution in [0.1, 0.15) is 174 Å². The molecule has 0 aromatic heterocycles. The molecule has 0 saturated heterocycles. The van der Waals surface area contributed by atoms with Gasteiger partial charge in [0, 0.05) is 38.2 Å². The first-order valence-corrected chi connectivity index (χ1v) is 19.5. The molecule has 1 aliphatic heterocycles. The maximum atomic E-state index is 13.1. The van der Waals surface area contributed by atoms with Crippen molar-refractivity contribution >= 4 is 23.7 Å². The molecular formula is C39H70N2O6. The topological polar surface area (TPSA) is 93.2 Å². The highest BCUT2D eigenvalue weighted by atomic mass is 16.6. The zero-order valence-electron chi connectivity index (χ0n) is 30.4. The molecule has 0 spiro atoms. The number of hydrogen-bond donors (Lipinski definition) is 0. The minimum absolute atomic E-state index is 0.0136. The molecule has 0 saturated carbocycles. The minimum Gasteiger partial charge on any atom is -0.463 e. The average Bonchev–Trinajstić information content (AvgIpc) is 3.39. The van der Waals surface area contributed by atoms with Crippen molar-refractivity contribution in [3.05, 3.63) is 12.2 Å². The third kappa shape index (κ3) is 24.6. The van der Waals surface area contributed by atoms with Gasteiger partial charge in [-0.1, -0.05) is 149 Å².